The number of fused-ring (bicyclic) bond motifs is 2. The van der Waals surface area contributed by atoms with Gasteiger partial charge in [0, 0.05) is 36.8 Å². The van der Waals surface area contributed by atoms with Crippen LogP contribution in [0.15, 0.2) is 59.8 Å². The molecule has 2 aromatic carbocycles. The second-order valence-electron chi connectivity index (χ2n) is 14.7. The smallest absolute Gasteiger partial charge is 0.383 e. The lowest BCUT2D eigenvalue weighted by molar-refractivity contribution is -0.192. The number of nitriles is 1. The van der Waals surface area contributed by atoms with E-state index in [9.17, 15) is 32.8 Å². The summed E-state index contributed by atoms with van der Waals surface area (Å²) in [4.78, 5) is 44.9. The van der Waals surface area contributed by atoms with Crippen LogP contribution in [0.2, 0.25) is 5.02 Å². The fraction of sp³-hybridized carbons (Fsp3) is 0.361. The number of nitrogens with one attached hydrogen (secondary N) is 1. The predicted octanol–water partition coefficient (Wildman–Crippen LogP) is 6.99. The van der Waals surface area contributed by atoms with Crippen molar-refractivity contribution >= 4 is 56.7 Å². The van der Waals surface area contributed by atoms with Crippen LogP contribution < -0.4 is 15.8 Å². The molecule has 0 saturated heterocycles. The lowest BCUT2D eigenvalue weighted by Crippen LogP contribution is -2.59. The Hall–Kier alpha value is -5.49. The number of hydrogen-bond donors (Lipinski definition) is 1. The molecule has 0 aliphatic heterocycles. The van der Waals surface area contributed by atoms with Crippen LogP contribution in [-0.2, 0) is 22.1 Å². The molecule has 1 atom stereocenters. The van der Waals surface area contributed by atoms with Gasteiger partial charge in [0.15, 0.2) is 0 Å². The molecule has 3 aliphatic rings. The summed E-state index contributed by atoms with van der Waals surface area (Å²) in [7, 11) is 1.57. The number of aryl methyl sites for hydroxylation is 1. The van der Waals surface area contributed by atoms with Gasteiger partial charge in [0.1, 0.15) is 17.8 Å². The summed E-state index contributed by atoms with van der Waals surface area (Å²) in [6.07, 6.45) is -0.0607. The molecular formula is C36H32ClF3N8O4. The molecule has 1 N–H and O–H groups in total. The van der Waals surface area contributed by atoms with Gasteiger partial charge >= 0.3 is 18.2 Å². The molecule has 3 aromatic heterocycles. The molecule has 3 saturated carbocycles. The molecule has 5 aromatic rings. The number of esters is 1. The van der Waals surface area contributed by atoms with Gasteiger partial charge in [0.2, 0.25) is 0 Å². The maximum atomic E-state index is 14.2. The normalized spacial score (nSPS) is 18.6. The van der Waals surface area contributed by atoms with E-state index in [-0.39, 0.29) is 60.3 Å². The Labute approximate surface area is 299 Å². The molecule has 3 heterocycles. The number of benzene rings is 2. The fourth-order valence-electron chi connectivity index (χ4n) is 6.98. The highest BCUT2D eigenvalue weighted by Crippen LogP contribution is 2.62. The van der Waals surface area contributed by atoms with E-state index in [0.29, 0.717) is 23.5 Å². The average Bonchev–Trinajstić information content (AvgIpc) is 3.50. The minimum atomic E-state index is -5.51. The molecule has 0 unspecified atom stereocenters. The van der Waals surface area contributed by atoms with Crippen LogP contribution in [0, 0.1) is 22.7 Å². The zero-order valence-electron chi connectivity index (χ0n) is 28.5. The molecule has 16 heteroatoms. The van der Waals surface area contributed by atoms with Crippen LogP contribution in [0.25, 0.3) is 21.7 Å². The first-order valence-corrected chi connectivity index (χ1v) is 16.8. The van der Waals surface area contributed by atoms with E-state index in [1.165, 1.54) is 29.1 Å². The topological polar surface area (TPSA) is 148 Å². The third-order valence-corrected chi connectivity index (χ3v) is 9.99. The largest absolute Gasteiger partial charge is 0.491 e. The highest BCUT2D eigenvalue weighted by Gasteiger charge is 2.59. The Balaban J connectivity index is 1.50. The van der Waals surface area contributed by atoms with Gasteiger partial charge in [-0.25, -0.2) is 14.3 Å². The summed E-state index contributed by atoms with van der Waals surface area (Å²) < 4.78 is 48.4. The Morgan fingerprint density at radius 1 is 1.15 bits per heavy atom. The summed E-state index contributed by atoms with van der Waals surface area (Å²) in [5.74, 6) is -2.16. The number of pyridine rings is 2. The Morgan fingerprint density at radius 2 is 1.88 bits per heavy atom. The van der Waals surface area contributed by atoms with E-state index in [1.54, 1.807) is 42.2 Å². The number of nitrogens with zero attached hydrogens (tertiary/aromatic N) is 7. The maximum absolute atomic E-state index is 14.2. The standard InChI is InChI=1S/C36H32ClF3N8O4/c1-34(2,3)18-43-28-20(15-41)16-42-29-25(28)10-21(11-26(29)37)48(33(51)52-32(50)36(38,39)40)30(27-17-47(45-44-27)35-12-19(13-35)14-35)23-6-5-7-24-22(23)8-9-46(4)31(24)49/h5-11,16-17,19,30H,12-14,18H2,1-4H3,(H,42,43)/t19?,30-,35?/m0/s1. The minimum absolute atomic E-state index is 0.0150. The van der Waals surface area contributed by atoms with Gasteiger partial charge in [-0.05, 0) is 65.8 Å². The molecule has 52 heavy (non-hydrogen) atoms. The van der Waals surface area contributed by atoms with Gasteiger partial charge in [0.25, 0.3) is 5.56 Å². The number of carbonyl (C=O) groups is 2. The summed E-state index contributed by atoms with van der Waals surface area (Å²) in [6.45, 7) is 6.33. The summed E-state index contributed by atoms with van der Waals surface area (Å²) in [6, 6.07) is 9.83. The minimum Gasteiger partial charge on any atom is -0.383 e. The third kappa shape index (κ3) is 6.00. The summed E-state index contributed by atoms with van der Waals surface area (Å²) in [5, 5.41) is 23.0. The van der Waals surface area contributed by atoms with Crippen molar-refractivity contribution in [3.8, 4) is 6.07 Å². The number of rotatable bonds is 7. The van der Waals surface area contributed by atoms with E-state index < -0.39 is 24.3 Å². The number of ether oxygens (including phenoxy) is 1. The predicted molar refractivity (Wildman–Crippen MR) is 186 cm³/mol. The Bertz CT molecular complexity index is 2380. The van der Waals surface area contributed by atoms with E-state index >= 15 is 0 Å². The van der Waals surface area contributed by atoms with Crippen LogP contribution in [0.5, 0.6) is 0 Å². The Kier molecular flexibility index (Phi) is 8.28. The van der Waals surface area contributed by atoms with Crippen molar-refractivity contribution in [1.82, 2.24) is 24.5 Å². The first-order chi connectivity index (χ1) is 24.5. The molecule has 268 valence electrons. The van der Waals surface area contributed by atoms with Crippen molar-refractivity contribution in [3.63, 3.8) is 0 Å². The maximum Gasteiger partial charge on any atom is 0.491 e. The molecule has 3 fully saturated rings. The molecule has 1 amide bonds. The second-order valence-corrected chi connectivity index (χ2v) is 15.1. The average molecular weight is 733 g/mol. The zero-order valence-corrected chi connectivity index (χ0v) is 29.2. The van der Waals surface area contributed by atoms with E-state index in [0.717, 1.165) is 24.2 Å². The highest BCUT2D eigenvalue weighted by atomic mass is 35.5. The van der Waals surface area contributed by atoms with Crippen LogP contribution in [0.1, 0.15) is 62.9 Å². The quantitative estimate of drug-likeness (QED) is 0.138. The van der Waals surface area contributed by atoms with Crippen LogP contribution in [-0.4, -0.2) is 49.3 Å². The van der Waals surface area contributed by atoms with Gasteiger partial charge in [-0.1, -0.05) is 49.7 Å². The van der Waals surface area contributed by atoms with E-state index in [2.05, 4.69) is 31.4 Å². The Morgan fingerprint density at radius 3 is 2.52 bits per heavy atom. The van der Waals surface area contributed by atoms with Crippen LogP contribution >= 0.6 is 11.6 Å². The van der Waals surface area contributed by atoms with E-state index in [4.69, 9.17) is 11.6 Å². The number of carbonyl (C=O) groups excluding carboxylic acids is 2. The molecule has 0 radical (unpaired) electrons. The van der Waals surface area contributed by atoms with Gasteiger partial charge in [-0.2, -0.15) is 18.4 Å². The third-order valence-electron chi connectivity index (χ3n) is 9.70. The van der Waals surface area contributed by atoms with Crippen molar-refractivity contribution in [2.45, 2.75) is 57.8 Å². The number of halogens is 4. The van der Waals surface area contributed by atoms with Gasteiger partial charge in [0.05, 0.1) is 39.2 Å². The van der Waals surface area contributed by atoms with Crippen molar-refractivity contribution in [2.24, 2.45) is 18.4 Å². The molecule has 12 nitrogen and oxygen atoms in total. The lowest BCUT2D eigenvalue weighted by atomic mass is 9.50. The zero-order chi connectivity index (χ0) is 37.3. The highest BCUT2D eigenvalue weighted by molar-refractivity contribution is 6.36. The van der Waals surface area contributed by atoms with Crippen LogP contribution in [0.3, 0.4) is 0 Å². The molecule has 0 spiro atoms. The molecule has 3 aliphatic carbocycles. The molecular weight excluding hydrogens is 701 g/mol. The molecule has 2 bridgehead atoms. The van der Waals surface area contributed by atoms with Crippen molar-refractivity contribution < 1.29 is 27.5 Å². The van der Waals surface area contributed by atoms with Gasteiger partial charge in [-0.3, -0.25) is 14.7 Å². The number of hydrogen-bond acceptors (Lipinski definition) is 9. The monoisotopic (exact) mass is 732 g/mol. The number of anilines is 2. The fourth-order valence-corrected chi connectivity index (χ4v) is 7.24. The first kappa shape index (κ1) is 34.9. The number of aromatic nitrogens is 5. The van der Waals surface area contributed by atoms with Gasteiger partial charge in [-0.15, -0.1) is 5.10 Å². The lowest BCUT2D eigenvalue weighted by Gasteiger charge is -2.61. The van der Waals surface area contributed by atoms with E-state index in [1.807, 2.05) is 20.8 Å². The number of alkyl halides is 3. The van der Waals surface area contributed by atoms with Crippen molar-refractivity contribution in [1.29, 1.82) is 5.26 Å². The number of amides is 1. The SMILES string of the molecule is Cn1ccc2c([C@@H](c3cn(C45CC(C4)C5)nn3)N(C(=O)OC(=O)C(F)(F)F)c3cc(Cl)c4ncc(C#N)c(NCC(C)(C)C)c4c3)cccc2c1=O. The second kappa shape index (κ2) is 12.3. The summed E-state index contributed by atoms with van der Waals surface area (Å²) >= 11 is 6.80. The van der Waals surface area contributed by atoms with Gasteiger partial charge < -0.3 is 14.6 Å². The first-order valence-electron chi connectivity index (χ1n) is 16.4. The molecule has 8 rings (SSSR count). The van der Waals surface area contributed by atoms with Crippen LogP contribution in [0.4, 0.5) is 29.3 Å². The van der Waals surface area contributed by atoms with Crippen molar-refractivity contribution in [3.05, 3.63) is 87.2 Å². The summed E-state index contributed by atoms with van der Waals surface area (Å²) in [5.41, 5.74) is 0.129. The van der Waals surface area contributed by atoms with Crippen molar-refractivity contribution in [2.75, 3.05) is 16.8 Å².